The Morgan fingerprint density at radius 3 is 2.21 bits per heavy atom. The molecule has 4 aliphatic rings. The zero-order valence-electron chi connectivity index (χ0n) is 18.6. The van der Waals surface area contributed by atoms with Crippen LogP contribution in [-0.2, 0) is 4.79 Å². The van der Waals surface area contributed by atoms with E-state index in [9.17, 15) is 4.79 Å². The number of likely N-dealkylation sites (tertiary alicyclic amines) is 1. The monoisotopic (exact) mass is 404 g/mol. The Morgan fingerprint density at radius 2 is 1.52 bits per heavy atom. The Kier molecular flexibility index (Phi) is 8.26. The molecule has 0 aromatic rings. The topological polar surface area (TPSA) is 38.8 Å². The summed E-state index contributed by atoms with van der Waals surface area (Å²) in [4.78, 5) is 20.0. The van der Waals surface area contributed by atoms with E-state index in [2.05, 4.69) is 20.0 Å². The lowest BCUT2D eigenvalue weighted by Crippen LogP contribution is -2.54. The summed E-state index contributed by atoms with van der Waals surface area (Å²) in [6.07, 6.45) is 16.5. The first-order valence-electron chi connectivity index (χ1n) is 12.8. The van der Waals surface area contributed by atoms with E-state index in [0.717, 1.165) is 51.2 Å². The van der Waals surface area contributed by atoms with Gasteiger partial charge in [0.1, 0.15) is 0 Å². The van der Waals surface area contributed by atoms with Crippen molar-refractivity contribution in [2.24, 2.45) is 5.92 Å². The standard InChI is InChI=1S/C24H44N4O/c29-24(28-18-16-27(17-19-28)23-7-2-1-3-8-23)20-26-14-11-22(12-15-26)25-13-5-4-6-21-9-10-21/h21-23,25H,1-20H2. The van der Waals surface area contributed by atoms with Crippen LogP contribution >= 0.6 is 0 Å². The first-order chi connectivity index (χ1) is 14.3. The maximum atomic E-state index is 12.8. The molecular formula is C24H44N4O. The highest BCUT2D eigenvalue weighted by molar-refractivity contribution is 5.78. The second-order valence-electron chi connectivity index (χ2n) is 10.2. The number of carbonyl (C=O) groups excluding carboxylic acids is 1. The molecule has 0 bridgehead atoms. The van der Waals surface area contributed by atoms with Crippen LogP contribution in [0.4, 0.5) is 0 Å². The van der Waals surface area contributed by atoms with Crippen LogP contribution in [0.5, 0.6) is 0 Å². The molecule has 0 aromatic carbocycles. The summed E-state index contributed by atoms with van der Waals surface area (Å²) in [7, 11) is 0. The van der Waals surface area contributed by atoms with E-state index in [1.807, 2.05) is 0 Å². The number of nitrogens with one attached hydrogen (secondary N) is 1. The molecular weight excluding hydrogens is 360 g/mol. The fourth-order valence-corrected chi connectivity index (χ4v) is 5.64. The van der Waals surface area contributed by atoms with Gasteiger partial charge in [-0.05, 0) is 44.6 Å². The molecule has 166 valence electrons. The van der Waals surface area contributed by atoms with Crippen molar-refractivity contribution < 1.29 is 4.79 Å². The third-order valence-corrected chi connectivity index (χ3v) is 7.87. The number of nitrogens with zero attached hydrogens (tertiary/aromatic N) is 3. The average Bonchev–Trinajstić information content (AvgIpc) is 3.60. The molecule has 29 heavy (non-hydrogen) atoms. The molecule has 2 aliphatic carbocycles. The van der Waals surface area contributed by atoms with Crippen LogP contribution in [0.25, 0.3) is 0 Å². The molecule has 0 atom stereocenters. The van der Waals surface area contributed by atoms with Crippen LogP contribution in [-0.4, -0.2) is 85.0 Å². The van der Waals surface area contributed by atoms with Crippen LogP contribution in [0, 0.1) is 5.92 Å². The Hall–Kier alpha value is -0.650. The van der Waals surface area contributed by atoms with Crippen molar-refractivity contribution in [2.75, 3.05) is 52.4 Å². The molecule has 0 unspecified atom stereocenters. The minimum atomic E-state index is 0.361. The normalized spacial score (nSPS) is 26.1. The minimum Gasteiger partial charge on any atom is -0.339 e. The van der Waals surface area contributed by atoms with Gasteiger partial charge in [0.2, 0.25) is 5.91 Å². The van der Waals surface area contributed by atoms with Crippen molar-refractivity contribution in [2.45, 2.75) is 89.1 Å². The summed E-state index contributed by atoms with van der Waals surface area (Å²) < 4.78 is 0. The molecule has 4 fully saturated rings. The predicted octanol–water partition coefficient (Wildman–Crippen LogP) is 3.10. The van der Waals surface area contributed by atoms with Gasteiger partial charge in [-0.1, -0.05) is 44.9 Å². The first-order valence-corrected chi connectivity index (χ1v) is 12.8. The average molecular weight is 405 g/mol. The maximum absolute atomic E-state index is 12.8. The quantitative estimate of drug-likeness (QED) is 0.600. The lowest BCUT2D eigenvalue weighted by molar-refractivity contribution is -0.134. The molecule has 1 N–H and O–H groups in total. The van der Waals surface area contributed by atoms with E-state index in [1.54, 1.807) is 0 Å². The largest absolute Gasteiger partial charge is 0.339 e. The summed E-state index contributed by atoms with van der Waals surface area (Å²) in [6, 6.07) is 1.46. The van der Waals surface area contributed by atoms with Crippen LogP contribution in [0.2, 0.25) is 0 Å². The molecule has 1 amide bonds. The Morgan fingerprint density at radius 1 is 0.793 bits per heavy atom. The molecule has 2 saturated carbocycles. The SMILES string of the molecule is O=C(CN1CCC(NCCCCC2CC2)CC1)N1CCN(C2CCCCC2)CC1. The van der Waals surface area contributed by atoms with Gasteiger partial charge in [-0.15, -0.1) is 0 Å². The number of hydrogen-bond acceptors (Lipinski definition) is 4. The molecule has 0 radical (unpaired) electrons. The molecule has 0 spiro atoms. The third kappa shape index (κ3) is 6.93. The number of piperidine rings is 1. The van der Waals surface area contributed by atoms with Crippen LogP contribution in [0.3, 0.4) is 0 Å². The second-order valence-corrected chi connectivity index (χ2v) is 10.2. The van der Waals surface area contributed by atoms with Gasteiger partial charge in [-0.3, -0.25) is 14.6 Å². The number of carbonyl (C=O) groups is 1. The Balaban J connectivity index is 1.06. The molecule has 2 saturated heterocycles. The number of hydrogen-bond donors (Lipinski definition) is 1. The van der Waals surface area contributed by atoms with E-state index in [0.29, 0.717) is 18.5 Å². The number of piperazine rings is 1. The molecule has 2 heterocycles. The van der Waals surface area contributed by atoms with E-state index in [4.69, 9.17) is 0 Å². The summed E-state index contributed by atoms with van der Waals surface area (Å²) in [5, 5.41) is 3.76. The van der Waals surface area contributed by atoms with Crippen molar-refractivity contribution in [1.29, 1.82) is 0 Å². The fourth-order valence-electron chi connectivity index (χ4n) is 5.64. The first kappa shape index (κ1) is 21.6. The van der Waals surface area contributed by atoms with Gasteiger partial charge < -0.3 is 10.2 Å². The summed E-state index contributed by atoms with van der Waals surface area (Å²) >= 11 is 0. The summed E-state index contributed by atoms with van der Waals surface area (Å²) in [6.45, 7) is 8.02. The predicted molar refractivity (Wildman–Crippen MR) is 119 cm³/mol. The van der Waals surface area contributed by atoms with Gasteiger partial charge in [0, 0.05) is 51.4 Å². The molecule has 0 aromatic heterocycles. The van der Waals surface area contributed by atoms with Gasteiger partial charge in [0.25, 0.3) is 0 Å². The molecule has 4 rings (SSSR count). The van der Waals surface area contributed by atoms with E-state index in [-0.39, 0.29) is 0 Å². The maximum Gasteiger partial charge on any atom is 0.236 e. The van der Waals surface area contributed by atoms with Gasteiger partial charge in [0.15, 0.2) is 0 Å². The lowest BCUT2D eigenvalue weighted by Gasteiger charge is -2.41. The van der Waals surface area contributed by atoms with E-state index in [1.165, 1.54) is 83.6 Å². The molecule has 2 aliphatic heterocycles. The van der Waals surface area contributed by atoms with Gasteiger partial charge in [0.05, 0.1) is 6.54 Å². The van der Waals surface area contributed by atoms with Gasteiger partial charge in [-0.2, -0.15) is 0 Å². The van der Waals surface area contributed by atoms with Crippen molar-refractivity contribution in [3.8, 4) is 0 Å². The number of amides is 1. The van der Waals surface area contributed by atoms with Crippen molar-refractivity contribution in [3.63, 3.8) is 0 Å². The number of rotatable bonds is 9. The van der Waals surface area contributed by atoms with Crippen LogP contribution in [0.15, 0.2) is 0 Å². The number of unbranched alkanes of at least 4 members (excludes halogenated alkanes) is 1. The van der Waals surface area contributed by atoms with Gasteiger partial charge in [-0.25, -0.2) is 0 Å². The van der Waals surface area contributed by atoms with E-state index >= 15 is 0 Å². The zero-order valence-corrected chi connectivity index (χ0v) is 18.6. The Labute approximate surface area is 178 Å². The highest BCUT2D eigenvalue weighted by atomic mass is 16.2. The zero-order chi connectivity index (χ0) is 19.9. The molecule has 5 nitrogen and oxygen atoms in total. The summed E-state index contributed by atoms with van der Waals surface area (Å²) in [5.74, 6) is 1.44. The smallest absolute Gasteiger partial charge is 0.236 e. The van der Waals surface area contributed by atoms with Crippen molar-refractivity contribution >= 4 is 5.91 Å². The lowest BCUT2D eigenvalue weighted by atomic mass is 9.94. The second kappa shape index (κ2) is 11.1. The third-order valence-electron chi connectivity index (χ3n) is 7.87. The van der Waals surface area contributed by atoms with Crippen LogP contribution < -0.4 is 5.32 Å². The molecule has 5 heteroatoms. The van der Waals surface area contributed by atoms with E-state index < -0.39 is 0 Å². The highest BCUT2D eigenvalue weighted by Gasteiger charge is 2.28. The minimum absolute atomic E-state index is 0.361. The fraction of sp³-hybridized carbons (Fsp3) is 0.958. The van der Waals surface area contributed by atoms with Gasteiger partial charge >= 0.3 is 0 Å². The highest BCUT2D eigenvalue weighted by Crippen LogP contribution is 2.33. The van der Waals surface area contributed by atoms with Crippen LogP contribution in [0.1, 0.15) is 77.0 Å². The van der Waals surface area contributed by atoms with Crippen molar-refractivity contribution in [1.82, 2.24) is 20.0 Å². The summed E-state index contributed by atoms with van der Waals surface area (Å²) in [5.41, 5.74) is 0. The Bertz CT molecular complexity index is 487. The van der Waals surface area contributed by atoms with Crippen molar-refractivity contribution in [3.05, 3.63) is 0 Å².